The molecule has 0 amide bonds. The number of methoxy groups -OCH3 is 1. The maximum atomic E-state index is 14.2. The number of hydrogen-bond acceptors (Lipinski definition) is 19. The van der Waals surface area contributed by atoms with Crippen molar-refractivity contribution in [3.05, 3.63) is 24.2 Å². The first kappa shape index (κ1) is 40.2. The van der Waals surface area contributed by atoms with Gasteiger partial charge in [0, 0.05) is 64.9 Å². The first-order chi connectivity index (χ1) is 27.0. The van der Waals surface area contributed by atoms with Crippen LogP contribution in [0.15, 0.2) is 23.0 Å². The standard InChI is InChI=1S/C39H46O19/c1-17(40)50-16-35-23(12-25(45)48-9)32(6)15-36(35)38(55-21(5)44,30(32)52-19(3)42)31(53-20(4)43)37-24-13-26(46)54-28(22-10-11-49-14-22)33(24,7)29(51-18(2)41)27(47)39(35,37)58-34(8,56-36)57-37/h10-11,14,23-24,27-31,47H,12-13,15-16H2,1-9H3/t23-,24+,27+,28+,29-,30-,31+,32+,33+,34-,35-,36+,37+,38-,39+/m0/s1. The molecule has 19 heteroatoms. The Morgan fingerprint density at radius 1 is 0.862 bits per heavy atom. The van der Waals surface area contributed by atoms with E-state index in [1.807, 2.05) is 0 Å². The van der Waals surface area contributed by atoms with Crippen LogP contribution in [0, 0.1) is 28.1 Å². The van der Waals surface area contributed by atoms with Gasteiger partial charge in [-0.05, 0) is 18.4 Å². The van der Waals surface area contributed by atoms with Crippen LogP contribution in [-0.4, -0.2) is 113 Å². The fourth-order valence-electron chi connectivity index (χ4n) is 13.4. The van der Waals surface area contributed by atoms with Crippen LogP contribution in [0.5, 0.6) is 0 Å². The lowest BCUT2D eigenvalue weighted by Gasteiger charge is -2.78. The van der Waals surface area contributed by atoms with Gasteiger partial charge in [0.05, 0.1) is 36.9 Å². The molecule has 0 unspecified atom stereocenters. The normalized spacial score (nSPS) is 47.2. The van der Waals surface area contributed by atoms with Gasteiger partial charge < -0.3 is 56.9 Å². The van der Waals surface area contributed by atoms with Crippen molar-refractivity contribution in [3.63, 3.8) is 0 Å². The molecule has 4 aliphatic carbocycles. The quantitative estimate of drug-likeness (QED) is 0.274. The number of rotatable bonds is 9. The first-order valence-corrected chi connectivity index (χ1v) is 18.9. The number of hydrogen-bond donors (Lipinski definition) is 1. The highest BCUT2D eigenvalue weighted by Gasteiger charge is 3.08. The number of fused-ring (bicyclic) bond motifs is 3. The van der Waals surface area contributed by atoms with Crippen LogP contribution in [0.25, 0.3) is 0 Å². The van der Waals surface area contributed by atoms with E-state index >= 15 is 0 Å². The summed E-state index contributed by atoms with van der Waals surface area (Å²) in [6.45, 7) is 9.31. The van der Waals surface area contributed by atoms with E-state index in [9.17, 15) is 38.7 Å². The molecular weight excluding hydrogens is 772 g/mol. The van der Waals surface area contributed by atoms with E-state index in [2.05, 4.69) is 0 Å². The van der Waals surface area contributed by atoms with Gasteiger partial charge in [-0.15, -0.1) is 0 Å². The summed E-state index contributed by atoms with van der Waals surface area (Å²) in [5.74, 6) is -11.1. The van der Waals surface area contributed by atoms with Crippen LogP contribution < -0.4 is 0 Å². The Bertz CT molecular complexity index is 2010. The second-order valence-electron chi connectivity index (χ2n) is 17.2. The molecule has 0 aromatic carbocycles. The number of furan rings is 1. The van der Waals surface area contributed by atoms with E-state index < -0.39 is 148 Å². The number of carbonyl (C=O) groups is 7. The van der Waals surface area contributed by atoms with E-state index in [4.69, 9.17) is 51.8 Å². The summed E-state index contributed by atoms with van der Waals surface area (Å²) >= 11 is 0. The molecule has 7 fully saturated rings. The second-order valence-corrected chi connectivity index (χ2v) is 17.2. The molecule has 7 aliphatic rings. The van der Waals surface area contributed by atoms with E-state index in [0.717, 1.165) is 41.7 Å². The summed E-state index contributed by atoms with van der Waals surface area (Å²) in [6.07, 6.45) is -7.56. The molecular formula is C39H46O19. The highest BCUT2D eigenvalue weighted by atomic mass is 16.9. The van der Waals surface area contributed by atoms with Gasteiger partial charge >= 0.3 is 41.8 Å². The van der Waals surface area contributed by atoms with Crippen LogP contribution in [0.4, 0.5) is 0 Å². The van der Waals surface area contributed by atoms with Crippen LogP contribution in [0.2, 0.25) is 0 Å². The van der Waals surface area contributed by atoms with Crippen LogP contribution in [0.3, 0.4) is 0 Å². The van der Waals surface area contributed by atoms with Gasteiger partial charge in [-0.2, -0.15) is 0 Å². The minimum Gasteiger partial charge on any atom is -0.472 e. The molecule has 15 atom stereocenters. The molecule has 1 aromatic rings. The fourth-order valence-corrected chi connectivity index (χ4v) is 13.4. The monoisotopic (exact) mass is 818 g/mol. The molecule has 58 heavy (non-hydrogen) atoms. The molecule has 316 valence electrons. The summed E-state index contributed by atoms with van der Waals surface area (Å²) in [6, 6.07) is 1.51. The number of carbonyl (C=O) groups excluding carboxylic acids is 7. The Labute approximate surface area is 331 Å². The van der Waals surface area contributed by atoms with Crippen LogP contribution >= 0.6 is 0 Å². The van der Waals surface area contributed by atoms with Gasteiger partial charge in [-0.3, -0.25) is 33.6 Å². The molecule has 19 nitrogen and oxygen atoms in total. The lowest BCUT2D eigenvalue weighted by atomic mass is 9.32. The van der Waals surface area contributed by atoms with E-state index in [1.165, 1.54) is 25.5 Å². The highest BCUT2D eigenvalue weighted by Crippen LogP contribution is 2.90. The summed E-state index contributed by atoms with van der Waals surface area (Å²) in [4.78, 5) is 95.1. The third-order valence-electron chi connectivity index (χ3n) is 14.3. The molecule has 3 aliphatic heterocycles. The number of esters is 7. The third kappa shape index (κ3) is 4.34. The second kappa shape index (κ2) is 12.2. The zero-order chi connectivity index (χ0) is 42.4. The van der Waals surface area contributed by atoms with Crippen molar-refractivity contribution < 1.29 is 90.5 Å². The highest BCUT2D eigenvalue weighted by molar-refractivity contribution is 5.76. The molecule has 2 spiro atoms. The van der Waals surface area contributed by atoms with Crippen molar-refractivity contribution in [3.8, 4) is 0 Å². The van der Waals surface area contributed by atoms with Gasteiger partial charge in [0.1, 0.15) is 36.1 Å². The maximum Gasteiger partial charge on any atom is 0.306 e. The number of aliphatic hydroxyl groups excluding tert-OH is 1. The third-order valence-corrected chi connectivity index (χ3v) is 14.3. The Hall–Kier alpha value is -4.59. The molecule has 8 rings (SSSR count). The van der Waals surface area contributed by atoms with Crippen molar-refractivity contribution >= 4 is 41.8 Å². The smallest absolute Gasteiger partial charge is 0.306 e. The minimum atomic E-state index is -2.48. The zero-order valence-corrected chi connectivity index (χ0v) is 33.4. The van der Waals surface area contributed by atoms with Crippen molar-refractivity contribution in [2.45, 2.75) is 134 Å². The molecule has 4 bridgehead atoms. The molecule has 1 aromatic heterocycles. The average molecular weight is 819 g/mol. The molecule has 0 radical (unpaired) electrons. The van der Waals surface area contributed by atoms with Crippen LogP contribution in [-0.2, 0) is 80.9 Å². The summed E-state index contributed by atoms with van der Waals surface area (Å²) < 4.78 is 69.1. The molecule has 3 saturated heterocycles. The van der Waals surface area contributed by atoms with Gasteiger partial charge in [0.2, 0.25) is 5.60 Å². The Morgan fingerprint density at radius 2 is 1.52 bits per heavy atom. The van der Waals surface area contributed by atoms with Gasteiger partial charge in [0.15, 0.2) is 17.8 Å². The average Bonchev–Trinajstić information content (AvgIpc) is 3.82. The molecule has 1 N–H and O–H groups in total. The number of aliphatic hydroxyl groups is 1. The Balaban J connectivity index is 1.60. The predicted octanol–water partition coefficient (Wildman–Crippen LogP) is 1.49. The lowest BCUT2D eigenvalue weighted by molar-refractivity contribution is -0.496. The van der Waals surface area contributed by atoms with Crippen LogP contribution in [0.1, 0.15) is 86.3 Å². The summed E-state index contributed by atoms with van der Waals surface area (Å²) in [5.41, 5.74) is -14.8. The van der Waals surface area contributed by atoms with E-state index in [1.54, 1.807) is 13.8 Å². The molecule has 4 saturated carbocycles. The fraction of sp³-hybridized carbons (Fsp3) is 0.718. The largest absolute Gasteiger partial charge is 0.472 e. The summed E-state index contributed by atoms with van der Waals surface area (Å²) in [7, 11) is 1.15. The predicted molar refractivity (Wildman–Crippen MR) is 183 cm³/mol. The van der Waals surface area contributed by atoms with Gasteiger partial charge in [0.25, 0.3) is 5.97 Å². The zero-order valence-electron chi connectivity index (χ0n) is 33.4. The lowest BCUT2D eigenvalue weighted by Crippen LogP contribution is -2.98. The van der Waals surface area contributed by atoms with Crippen molar-refractivity contribution in [2.75, 3.05) is 13.7 Å². The topological polar surface area (TPSA) is 245 Å². The minimum absolute atomic E-state index is 0.276. The van der Waals surface area contributed by atoms with Gasteiger partial charge in [-0.1, -0.05) is 13.8 Å². The van der Waals surface area contributed by atoms with E-state index in [-0.39, 0.29) is 12.0 Å². The number of ether oxygens (including phenoxy) is 10. The summed E-state index contributed by atoms with van der Waals surface area (Å²) in [5, 5.41) is 13.6. The maximum absolute atomic E-state index is 14.2. The van der Waals surface area contributed by atoms with Crippen molar-refractivity contribution in [1.29, 1.82) is 0 Å². The Morgan fingerprint density at radius 3 is 2.09 bits per heavy atom. The SMILES string of the molecule is COC(=O)C[C@H]1[C@@]2(C)C[C@@]34O[C@@]5(C)O[C@]6([C@@H]7CC(=O)O[C@H](c8ccoc8)[C@]7(C)[C@@H](OC(C)=O)[C@@H](O)[C@@]6(O5)[C@@]13COC(C)=O)[C@@H](OC(C)=O)[C@@]4(OC(C)=O)[C@H]2OC(C)=O. The van der Waals surface area contributed by atoms with Gasteiger partial charge in [-0.25, -0.2) is 0 Å². The first-order valence-electron chi connectivity index (χ1n) is 18.9. The molecule has 4 heterocycles. The van der Waals surface area contributed by atoms with Crippen molar-refractivity contribution in [2.24, 2.45) is 28.1 Å². The van der Waals surface area contributed by atoms with Crippen molar-refractivity contribution in [1.82, 2.24) is 0 Å². The Kier molecular flexibility index (Phi) is 8.48. The number of cyclic esters (lactones) is 1. The van der Waals surface area contributed by atoms with E-state index in [0.29, 0.717) is 0 Å².